The highest BCUT2D eigenvalue weighted by molar-refractivity contribution is 5.75. The summed E-state index contributed by atoms with van der Waals surface area (Å²) in [4.78, 5) is 0. The van der Waals surface area contributed by atoms with Crippen molar-refractivity contribution in [1.82, 2.24) is 0 Å². The third kappa shape index (κ3) is 3.89. The van der Waals surface area contributed by atoms with E-state index in [0.717, 1.165) is 6.42 Å². The molecule has 1 atom stereocenters. The first-order valence-electron chi connectivity index (χ1n) is 9.49. The van der Waals surface area contributed by atoms with Gasteiger partial charge in [-0.3, -0.25) is 0 Å². The molecule has 0 aliphatic carbocycles. The molecule has 134 valence electrons. The van der Waals surface area contributed by atoms with Crippen molar-refractivity contribution < 1.29 is 0 Å². The van der Waals surface area contributed by atoms with Crippen LogP contribution in [0.15, 0.2) is 48.5 Å². The SMILES string of the molecule is C/C=C(/c1ccc(C(C)(C)C)cc1)C(C)(CC)c1ccc(C)cc1C. The Kier molecular flexibility index (Phi) is 5.62. The predicted molar refractivity (Wildman–Crippen MR) is 112 cm³/mol. The molecule has 0 bridgehead atoms. The van der Waals surface area contributed by atoms with Crippen molar-refractivity contribution >= 4 is 5.57 Å². The van der Waals surface area contributed by atoms with E-state index in [9.17, 15) is 0 Å². The van der Waals surface area contributed by atoms with Crippen LogP contribution >= 0.6 is 0 Å². The minimum absolute atomic E-state index is 0.0236. The Labute approximate surface area is 155 Å². The number of aryl methyl sites for hydroxylation is 2. The molecule has 0 spiro atoms. The maximum Gasteiger partial charge on any atom is 0.0177 e. The van der Waals surface area contributed by atoms with E-state index < -0.39 is 0 Å². The van der Waals surface area contributed by atoms with Gasteiger partial charge >= 0.3 is 0 Å². The van der Waals surface area contributed by atoms with Crippen LogP contribution in [-0.4, -0.2) is 0 Å². The summed E-state index contributed by atoms with van der Waals surface area (Å²) in [5, 5.41) is 0. The first-order chi connectivity index (χ1) is 11.6. The predicted octanol–water partition coefficient (Wildman–Crippen LogP) is 7.37. The second-order valence-electron chi connectivity index (χ2n) is 8.53. The van der Waals surface area contributed by atoms with E-state index in [1.807, 2.05) is 0 Å². The van der Waals surface area contributed by atoms with E-state index >= 15 is 0 Å². The van der Waals surface area contributed by atoms with E-state index in [2.05, 4.69) is 104 Å². The quantitative estimate of drug-likeness (QED) is 0.547. The molecule has 0 aliphatic rings. The van der Waals surface area contributed by atoms with Crippen molar-refractivity contribution in [3.05, 3.63) is 76.4 Å². The highest BCUT2D eigenvalue weighted by Crippen LogP contribution is 2.42. The molecule has 0 aromatic heterocycles. The van der Waals surface area contributed by atoms with Gasteiger partial charge in [0.25, 0.3) is 0 Å². The number of allylic oxidation sites excluding steroid dienone is 2. The molecule has 0 heterocycles. The summed E-state index contributed by atoms with van der Waals surface area (Å²) < 4.78 is 0. The van der Waals surface area contributed by atoms with Gasteiger partial charge in [-0.15, -0.1) is 0 Å². The van der Waals surface area contributed by atoms with Crippen LogP contribution in [-0.2, 0) is 10.8 Å². The molecular formula is C25H34. The van der Waals surface area contributed by atoms with E-state index in [1.54, 1.807) is 0 Å². The average molecular weight is 335 g/mol. The van der Waals surface area contributed by atoms with Crippen LogP contribution in [0.1, 0.15) is 75.8 Å². The van der Waals surface area contributed by atoms with Gasteiger partial charge in [-0.1, -0.05) is 88.7 Å². The number of hydrogen-bond donors (Lipinski definition) is 0. The molecule has 0 heteroatoms. The van der Waals surface area contributed by atoms with Crippen LogP contribution in [0.2, 0.25) is 0 Å². The maximum absolute atomic E-state index is 2.39. The van der Waals surface area contributed by atoms with Crippen LogP contribution < -0.4 is 0 Å². The molecule has 0 radical (unpaired) electrons. The van der Waals surface area contributed by atoms with Crippen molar-refractivity contribution in [1.29, 1.82) is 0 Å². The lowest BCUT2D eigenvalue weighted by Crippen LogP contribution is -2.24. The zero-order chi connectivity index (χ0) is 18.8. The van der Waals surface area contributed by atoms with E-state index in [-0.39, 0.29) is 10.8 Å². The number of rotatable bonds is 4. The fraction of sp³-hybridized carbons (Fsp3) is 0.440. The van der Waals surface area contributed by atoms with Gasteiger partial charge < -0.3 is 0 Å². The Bertz CT molecular complexity index is 754. The highest BCUT2D eigenvalue weighted by atomic mass is 14.3. The largest absolute Gasteiger partial charge is 0.0829 e. The third-order valence-electron chi connectivity index (χ3n) is 5.63. The minimum Gasteiger partial charge on any atom is -0.0829 e. The average Bonchev–Trinajstić information content (AvgIpc) is 2.54. The van der Waals surface area contributed by atoms with E-state index in [1.165, 1.54) is 33.4 Å². The molecule has 2 aromatic rings. The lowest BCUT2D eigenvalue weighted by molar-refractivity contribution is 0.584. The van der Waals surface area contributed by atoms with Crippen LogP contribution in [0, 0.1) is 13.8 Å². The summed E-state index contributed by atoms with van der Waals surface area (Å²) >= 11 is 0. The Morgan fingerprint density at radius 2 is 1.52 bits per heavy atom. The lowest BCUT2D eigenvalue weighted by Gasteiger charge is -2.34. The summed E-state index contributed by atoms with van der Waals surface area (Å²) in [6, 6.07) is 16.0. The molecule has 2 aromatic carbocycles. The topological polar surface area (TPSA) is 0 Å². The standard InChI is InChI=1S/C25H34/c1-9-22(20-12-14-21(15-13-20)24(5,6)7)25(8,10-2)23-16-11-18(3)17-19(23)4/h9,11-17H,10H2,1-8H3/b22-9-. The van der Waals surface area contributed by atoms with Gasteiger partial charge in [-0.05, 0) is 60.4 Å². The first-order valence-corrected chi connectivity index (χ1v) is 9.49. The minimum atomic E-state index is 0.0236. The molecule has 25 heavy (non-hydrogen) atoms. The van der Waals surface area contributed by atoms with Crippen molar-refractivity contribution in [3.8, 4) is 0 Å². The molecule has 0 nitrogen and oxygen atoms in total. The van der Waals surface area contributed by atoms with Gasteiger partial charge in [-0.25, -0.2) is 0 Å². The maximum atomic E-state index is 2.39. The van der Waals surface area contributed by atoms with E-state index in [4.69, 9.17) is 0 Å². The zero-order valence-electron chi connectivity index (χ0n) is 17.3. The normalized spacial score (nSPS) is 15.1. The Morgan fingerprint density at radius 3 is 1.96 bits per heavy atom. The van der Waals surface area contributed by atoms with Gasteiger partial charge in [-0.2, -0.15) is 0 Å². The molecule has 0 saturated carbocycles. The fourth-order valence-electron chi connectivity index (χ4n) is 3.91. The first kappa shape index (κ1) is 19.5. The molecule has 0 saturated heterocycles. The summed E-state index contributed by atoms with van der Waals surface area (Å²) in [6.45, 7) is 18.1. The van der Waals surface area contributed by atoms with Crippen molar-refractivity contribution in [3.63, 3.8) is 0 Å². The fourth-order valence-corrected chi connectivity index (χ4v) is 3.91. The van der Waals surface area contributed by atoms with E-state index in [0.29, 0.717) is 0 Å². The second kappa shape index (κ2) is 7.20. The van der Waals surface area contributed by atoms with Crippen LogP contribution in [0.5, 0.6) is 0 Å². The molecule has 0 N–H and O–H groups in total. The number of hydrogen-bond acceptors (Lipinski definition) is 0. The van der Waals surface area contributed by atoms with Crippen LogP contribution in [0.4, 0.5) is 0 Å². The molecule has 0 fully saturated rings. The molecular weight excluding hydrogens is 300 g/mol. The van der Waals surface area contributed by atoms with Crippen LogP contribution in [0.3, 0.4) is 0 Å². The van der Waals surface area contributed by atoms with Crippen LogP contribution in [0.25, 0.3) is 5.57 Å². The highest BCUT2D eigenvalue weighted by Gasteiger charge is 2.31. The van der Waals surface area contributed by atoms with Crippen molar-refractivity contribution in [2.24, 2.45) is 0 Å². The molecule has 1 unspecified atom stereocenters. The van der Waals surface area contributed by atoms with Crippen molar-refractivity contribution in [2.75, 3.05) is 0 Å². The lowest BCUT2D eigenvalue weighted by atomic mass is 9.69. The summed E-state index contributed by atoms with van der Waals surface area (Å²) in [6.07, 6.45) is 3.38. The number of benzene rings is 2. The van der Waals surface area contributed by atoms with Gasteiger partial charge in [0.15, 0.2) is 0 Å². The third-order valence-corrected chi connectivity index (χ3v) is 5.63. The van der Waals surface area contributed by atoms with Crippen molar-refractivity contribution in [2.45, 2.75) is 72.6 Å². The smallest absolute Gasteiger partial charge is 0.0177 e. The van der Waals surface area contributed by atoms with Gasteiger partial charge in [0, 0.05) is 5.41 Å². The van der Waals surface area contributed by atoms with Gasteiger partial charge in [0.1, 0.15) is 0 Å². The Balaban J connectivity index is 2.53. The van der Waals surface area contributed by atoms with Gasteiger partial charge in [0.05, 0.1) is 0 Å². The zero-order valence-corrected chi connectivity index (χ0v) is 17.3. The summed E-state index contributed by atoms with van der Waals surface area (Å²) in [7, 11) is 0. The Morgan fingerprint density at radius 1 is 0.920 bits per heavy atom. The Hall–Kier alpha value is -1.82. The molecule has 0 aliphatic heterocycles. The second-order valence-corrected chi connectivity index (χ2v) is 8.53. The monoisotopic (exact) mass is 334 g/mol. The summed E-state index contributed by atoms with van der Waals surface area (Å²) in [5.41, 5.74) is 8.50. The molecule has 2 rings (SSSR count). The summed E-state index contributed by atoms with van der Waals surface area (Å²) in [5.74, 6) is 0. The van der Waals surface area contributed by atoms with Gasteiger partial charge in [0.2, 0.25) is 0 Å². The molecule has 0 amide bonds.